The molecule has 5 rings (SSSR count). The first kappa shape index (κ1) is 16.2. The van der Waals surface area contributed by atoms with Gasteiger partial charge in [-0.1, -0.05) is 48.5 Å². The third-order valence-electron chi connectivity index (χ3n) is 4.21. The van der Waals surface area contributed by atoms with Gasteiger partial charge in [0.2, 0.25) is 0 Å². The van der Waals surface area contributed by atoms with E-state index in [0.29, 0.717) is 0 Å². The van der Waals surface area contributed by atoms with E-state index in [0.717, 1.165) is 26.7 Å². The normalized spacial score (nSPS) is 11.0. The van der Waals surface area contributed by atoms with E-state index in [1.54, 1.807) is 22.7 Å². The van der Waals surface area contributed by atoms with Crippen LogP contribution in [-0.4, -0.2) is 4.98 Å². The summed E-state index contributed by atoms with van der Waals surface area (Å²) in [7, 11) is 0. The van der Waals surface area contributed by atoms with Gasteiger partial charge in [-0.05, 0) is 42.0 Å². The zero-order valence-corrected chi connectivity index (χ0v) is 16.0. The van der Waals surface area contributed by atoms with Crippen LogP contribution in [0, 0.1) is 0 Å². The van der Waals surface area contributed by atoms with Crippen molar-refractivity contribution in [1.82, 2.24) is 4.98 Å². The molecule has 5 aromatic rings. The SMILES string of the molecule is c1ccc(Oc2ccc3nc(-c4ccc(-c5ccccc5)s4)sc3c2)cc1. The first-order valence-corrected chi connectivity index (χ1v) is 10.3. The summed E-state index contributed by atoms with van der Waals surface area (Å²) in [6, 6.07) is 30.7. The van der Waals surface area contributed by atoms with Crippen LogP contribution in [0.15, 0.2) is 91.0 Å². The molecule has 0 aliphatic carbocycles. The topological polar surface area (TPSA) is 22.1 Å². The number of para-hydroxylation sites is 1. The third kappa shape index (κ3) is 3.37. The molecule has 0 unspecified atom stereocenters. The molecule has 0 fully saturated rings. The smallest absolute Gasteiger partial charge is 0.134 e. The number of hydrogen-bond acceptors (Lipinski definition) is 4. The average molecular weight is 386 g/mol. The van der Waals surface area contributed by atoms with E-state index in [1.807, 2.05) is 48.5 Å². The van der Waals surface area contributed by atoms with Gasteiger partial charge in [-0.15, -0.1) is 22.7 Å². The van der Waals surface area contributed by atoms with Crippen molar-refractivity contribution in [3.8, 4) is 31.8 Å². The van der Waals surface area contributed by atoms with Crippen LogP contribution in [-0.2, 0) is 0 Å². The zero-order chi connectivity index (χ0) is 18.1. The van der Waals surface area contributed by atoms with E-state index in [1.165, 1.54) is 15.3 Å². The predicted octanol–water partition coefficient (Wildman–Crippen LogP) is 7.48. The second-order valence-electron chi connectivity index (χ2n) is 6.09. The van der Waals surface area contributed by atoms with E-state index < -0.39 is 0 Å². The molecule has 0 radical (unpaired) electrons. The summed E-state index contributed by atoms with van der Waals surface area (Å²) in [6.07, 6.45) is 0. The number of ether oxygens (including phenoxy) is 1. The van der Waals surface area contributed by atoms with Crippen molar-refractivity contribution < 1.29 is 4.74 Å². The number of rotatable bonds is 4. The highest BCUT2D eigenvalue weighted by molar-refractivity contribution is 7.26. The van der Waals surface area contributed by atoms with Gasteiger partial charge < -0.3 is 4.74 Å². The van der Waals surface area contributed by atoms with Crippen molar-refractivity contribution in [2.24, 2.45) is 0 Å². The van der Waals surface area contributed by atoms with E-state index >= 15 is 0 Å². The van der Waals surface area contributed by atoms with E-state index in [-0.39, 0.29) is 0 Å². The molecule has 3 aromatic carbocycles. The van der Waals surface area contributed by atoms with Gasteiger partial charge in [0.15, 0.2) is 0 Å². The first-order chi connectivity index (χ1) is 13.3. The molecule has 2 nitrogen and oxygen atoms in total. The van der Waals surface area contributed by atoms with Crippen molar-refractivity contribution in [1.29, 1.82) is 0 Å². The Morgan fingerprint density at radius 3 is 2.19 bits per heavy atom. The molecule has 4 heteroatoms. The summed E-state index contributed by atoms with van der Waals surface area (Å²) in [5, 5.41) is 1.05. The van der Waals surface area contributed by atoms with Gasteiger partial charge in [-0.2, -0.15) is 0 Å². The highest BCUT2D eigenvalue weighted by atomic mass is 32.1. The Bertz CT molecular complexity index is 1190. The molecule has 130 valence electrons. The fraction of sp³-hybridized carbons (Fsp3) is 0. The highest BCUT2D eigenvalue weighted by Crippen LogP contribution is 2.39. The number of thiazole rings is 1. The quantitative estimate of drug-likeness (QED) is 0.320. The van der Waals surface area contributed by atoms with Crippen LogP contribution >= 0.6 is 22.7 Å². The predicted molar refractivity (Wildman–Crippen MR) is 115 cm³/mol. The number of fused-ring (bicyclic) bond motifs is 1. The van der Waals surface area contributed by atoms with Crippen LogP contribution in [0.25, 0.3) is 30.5 Å². The minimum Gasteiger partial charge on any atom is -0.457 e. The molecule has 0 amide bonds. The van der Waals surface area contributed by atoms with Gasteiger partial charge in [-0.3, -0.25) is 0 Å². The van der Waals surface area contributed by atoms with Crippen LogP contribution in [0.2, 0.25) is 0 Å². The number of thiophene rings is 1. The van der Waals surface area contributed by atoms with Crippen molar-refractivity contribution in [3.63, 3.8) is 0 Å². The maximum atomic E-state index is 5.94. The Balaban J connectivity index is 1.46. The molecule has 27 heavy (non-hydrogen) atoms. The second-order valence-corrected chi connectivity index (χ2v) is 8.21. The van der Waals surface area contributed by atoms with Crippen molar-refractivity contribution in [2.75, 3.05) is 0 Å². The van der Waals surface area contributed by atoms with Crippen LogP contribution in [0.1, 0.15) is 0 Å². The Morgan fingerprint density at radius 1 is 0.630 bits per heavy atom. The number of nitrogens with zero attached hydrogens (tertiary/aromatic N) is 1. The lowest BCUT2D eigenvalue weighted by Gasteiger charge is -2.04. The molecular formula is C23H15NOS2. The van der Waals surface area contributed by atoms with Crippen LogP contribution < -0.4 is 4.74 Å². The standard InChI is InChI=1S/C23H15NOS2/c1-3-7-16(8-4-1)20-13-14-21(26-20)23-24-19-12-11-18(15-22(19)27-23)25-17-9-5-2-6-10-17/h1-15H. The summed E-state index contributed by atoms with van der Waals surface area (Å²) in [6.45, 7) is 0. The van der Waals surface area contributed by atoms with Gasteiger partial charge in [-0.25, -0.2) is 4.98 Å². The fourth-order valence-electron chi connectivity index (χ4n) is 2.91. The molecule has 0 atom stereocenters. The summed E-state index contributed by atoms with van der Waals surface area (Å²) >= 11 is 3.48. The van der Waals surface area contributed by atoms with Crippen LogP contribution in [0.3, 0.4) is 0 Å². The van der Waals surface area contributed by atoms with E-state index in [2.05, 4.69) is 42.5 Å². The molecule has 0 spiro atoms. The van der Waals surface area contributed by atoms with Gasteiger partial charge in [0.1, 0.15) is 16.5 Å². The maximum absolute atomic E-state index is 5.94. The number of benzene rings is 3. The third-order valence-corrected chi connectivity index (χ3v) is 6.54. The van der Waals surface area contributed by atoms with Crippen molar-refractivity contribution in [2.45, 2.75) is 0 Å². The molecule has 0 aliphatic heterocycles. The summed E-state index contributed by atoms with van der Waals surface area (Å²) in [5.74, 6) is 1.67. The summed E-state index contributed by atoms with van der Waals surface area (Å²) < 4.78 is 7.08. The van der Waals surface area contributed by atoms with Crippen molar-refractivity contribution in [3.05, 3.63) is 91.0 Å². The molecule has 2 aromatic heterocycles. The Hall–Kier alpha value is -2.95. The molecule has 0 saturated carbocycles. The molecule has 0 aliphatic rings. The lowest BCUT2D eigenvalue weighted by atomic mass is 10.2. The van der Waals surface area contributed by atoms with Gasteiger partial charge in [0.05, 0.1) is 15.1 Å². The largest absolute Gasteiger partial charge is 0.457 e. The van der Waals surface area contributed by atoms with Gasteiger partial charge >= 0.3 is 0 Å². The van der Waals surface area contributed by atoms with Gasteiger partial charge in [0, 0.05) is 10.9 Å². The van der Waals surface area contributed by atoms with Crippen LogP contribution in [0.5, 0.6) is 11.5 Å². The average Bonchev–Trinajstić information content (AvgIpc) is 3.36. The Labute approximate surface area is 165 Å². The lowest BCUT2D eigenvalue weighted by molar-refractivity contribution is 0.483. The Morgan fingerprint density at radius 2 is 1.37 bits per heavy atom. The van der Waals surface area contributed by atoms with Crippen LogP contribution in [0.4, 0.5) is 0 Å². The molecular weight excluding hydrogens is 370 g/mol. The zero-order valence-electron chi connectivity index (χ0n) is 14.3. The monoisotopic (exact) mass is 385 g/mol. The number of hydrogen-bond donors (Lipinski definition) is 0. The molecule has 0 saturated heterocycles. The number of aromatic nitrogens is 1. The minimum atomic E-state index is 0.833. The fourth-order valence-corrected chi connectivity index (χ4v) is 4.97. The van der Waals surface area contributed by atoms with Gasteiger partial charge in [0.25, 0.3) is 0 Å². The molecule has 0 N–H and O–H groups in total. The second kappa shape index (κ2) is 6.99. The van der Waals surface area contributed by atoms with E-state index in [9.17, 15) is 0 Å². The summed E-state index contributed by atoms with van der Waals surface area (Å²) in [4.78, 5) is 7.27. The lowest BCUT2D eigenvalue weighted by Crippen LogP contribution is -1.82. The minimum absolute atomic E-state index is 0.833. The highest BCUT2D eigenvalue weighted by Gasteiger charge is 2.11. The summed E-state index contributed by atoms with van der Waals surface area (Å²) in [5.41, 5.74) is 2.25. The Kier molecular flexibility index (Phi) is 4.20. The molecule has 2 heterocycles. The van der Waals surface area contributed by atoms with Crippen molar-refractivity contribution >= 4 is 32.9 Å². The molecule has 0 bridgehead atoms. The van der Waals surface area contributed by atoms with E-state index in [4.69, 9.17) is 9.72 Å². The first-order valence-electron chi connectivity index (χ1n) is 8.64. The maximum Gasteiger partial charge on any atom is 0.134 e.